The first kappa shape index (κ1) is 11.9. The Labute approximate surface area is 105 Å². The normalized spacial score (nSPS) is 12.1. The minimum Gasteiger partial charge on any atom is -0.345 e. The fourth-order valence-electron chi connectivity index (χ4n) is 1.83. The van der Waals surface area contributed by atoms with Gasteiger partial charge in [0.05, 0.1) is 10.9 Å². The van der Waals surface area contributed by atoms with Crippen molar-refractivity contribution >= 4 is 17.2 Å². The predicted octanol–water partition coefficient (Wildman–Crippen LogP) is 3.55. The van der Waals surface area contributed by atoms with E-state index in [0.29, 0.717) is 0 Å². The molecule has 0 spiro atoms. The maximum absolute atomic E-state index is 11.9. The van der Waals surface area contributed by atoms with Gasteiger partial charge in [0.1, 0.15) is 0 Å². The van der Waals surface area contributed by atoms with Gasteiger partial charge in [0.25, 0.3) is 5.91 Å². The highest BCUT2D eigenvalue weighted by Gasteiger charge is 2.13. The van der Waals surface area contributed by atoms with Crippen LogP contribution in [0.2, 0.25) is 0 Å². The Morgan fingerprint density at radius 2 is 2.00 bits per heavy atom. The number of amides is 1. The molecule has 1 amide bonds. The van der Waals surface area contributed by atoms with Crippen molar-refractivity contribution in [2.45, 2.75) is 19.9 Å². The number of aryl methyl sites for hydroxylation is 1. The van der Waals surface area contributed by atoms with Crippen molar-refractivity contribution in [1.29, 1.82) is 0 Å². The monoisotopic (exact) mass is 245 g/mol. The largest absolute Gasteiger partial charge is 0.345 e. The van der Waals surface area contributed by atoms with E-state index in [9.17, 15) is 4.79 Å². The van der Waals surface area contributed by atoms with Gasteiger partial charge in [0.15, 0.2) is 0 Å². The zero-order valence-corrected chi connectivity index (χ0v) is 10.8. The quantitative estimate of drug-likeness (QED) is 0.880. The molecule has 1 aromatic heterocycles. The van der Waals surface area contributed by atoms with Crippen LogP contribution in [0.15, 0.2) is 41.8 Å². The molecule has 0 saturated heterocycles. The molecule has 0 aliphatic heterocycles. The Hall–Kier alpha value is -1.61. The summed E-state index contributed by atoms with van der Waals surface area (Å²) in [5.41, 5.74) is 2.36. The molecule has 0 saturated carbocycles. The highest BCUT2D eigenvalue weighted by molar-refractivity contribution is 7.12. The summed E-state index contributed by atoms with van der Waals surface area (Å²) in [4.78, 5) is 12.7. The fraction of sp³-hybridized carbons (Fsp3) is 0.214. The summed E-state index contributed by atoms with van der Waals surface area (Å²) in [5, 5.41) is 4.92. The molecule has 1 N–H and O–H groups in total. The third kappa shape index (κ3) is 2.74. The summed E-state index contributed by atoms with van der Waals surface area (Å²) in [7, 11) is 0. The molecule has 0 fully saturated rings. The molecule has 0 unspecified atom stereocenters. The lowest BCUT2D eigenvalue weighted by Crippen LogP contribution is -2.26. The van der Waals surface area contributed by atoms with Crippen molar-refractivity contribution in [2.24, 2.45) is 0 Å². The Bertz CT molecular complexity index is 505. The van der Waals surface area contributed by atoms with Gasteiger partial charge in [-0.15, -0.1) is 11.3 Å². The summed E-state index contributed by atoms with van der Waals surface area (Å²) < 4.78 is 0. The van der Waals surface area contributed by atoms with E-state index in [1.807, 2.05) is 36.6 Å². The van der Waals surface area contributed by atoms with E-state index in [1.54, 1.807) is 0 Å². The molecule has 2 nitrogen and oxygen atoms in total. The summed E-state index contributed by atoms with van der Waals surface area (Å²) in [6.07, 6.45) is 0. The molecule has 0 bridgehead atoms. The van der Waals surface area contributed by atoms with Gasteiger partial charge in [0.2, 0.25) is 0 Å². The van der Waals surface area contributed by atoms with Gasteiger partial charge >= 0.3 is 0 Å². The molecule has 0 aliphatic carbocycles. The van der Waals surface area contributed by atoms with E-state index in [4.69, 9.17) is 0 Å². The molecule has 88 valence electrons. The second-order valence-electron chi connectivity index (χ2n) is 4.03. The minimum atomic E-state index is -0.00393. The average Bonchev–Trinajstić information content (AvgIpc) is 2.82. The Balaban J connectivity index is 2.10. The van der Waals surface area contributed by atoms with Crippen LogP contribution < -0.4 is 5.32 Å². The van der Waals surface area contributed by atoms with E-state index >= 15 is 0 Å². The maximum Gasteiger partial charge on any atom is 0.261 e. The molecule has 0 radical (unpaired) electrons. The highest BCUT2D eigenvalue weighted by Crippen LogP contribution is 2.18. The summed E-state index contributed by atoms with van der Waals surface area (Å²) in [6.45, 7) is 4.07. The Kier molecular flexibility index (Phi) is 3.59. The summed E-state index contributed by atoms with van der Waals surface area (Å²) in [6, 6.07) is 11.9. The van der Waals surface area contributed by atoms with Gasteiger partial charge in [-0.3, -0.25) is 4.79 Å². The number of benzene rings is 1. The molecule has 2 rings (SSSR count). The molecule has 17 heavy (non-hydrogen) atoms. The third-order valence-electron chi connectivity index (χ3n) is 2.75. The predicted molar refractivity (Wildman–Crippen MR) is 71.4 cm³/mol. The van der Waals surface area contributed by atoms with Gasteiger partial charge in [-0.05, 0) is 36.4 Å². The number of thiophene rings is 1. The topological polar surface area (TPSA) is 29.1 Å². The van der Waals surface area contributed by atoms with Crippen molar-refractivity contribution in [3.8, 4) is 0 Å². The van der Waals surface area contributed by atoms with Gasteiger partial charge in [-0.25, -0.2) is 0 Å². The van der Waals surface area contributed by atoms with Gasteiger partial charge in [-0.2, -0.15) is 0 Å². The van der Waals surface area contributed by atoms with Crippen LogP contribution in [0, 0.1) is 6.92 Å². The Morgan fingerprint density at radius 1 is 1.24 bits per heavy atom. The summed E-state index contributed by atoms with van der Waals surface area (Å²) >= 11 is 1.46. The zero-order chi connectivity index (χ0) is 12.3. The van der Waals surface area contributed by atoms with Crippen molar-refractivity contribution in [2.75, 3.05) is 0 Å². The van der Waals surface area contributed by atoms with Crippen molar-refractivity contribution in [3.05, 3.63) is 57.8 Å². The van der Waals surface area contributed by atoms with Gasteiger partial charge < -0.3 is 5.32 Å². The van der Waals surface area contributed by atoms with Crippen molar-refractivity contribution in [1.82, 2.24) is 5.32 Å². The van der Waals surface area contributed by atoms with Crippen LogP contribution in [-0.4, -0.2) is 5.91 Å². The zero-order valence-electron chi connectivity index (χ0n) is 9.94. The van der Waals surface area contributed by atoms with E-state index in [1.165, 1.54) is 16.9 Å². The Morgan fingerprint density at radius 3 is 2.65 bits per heavy atom. The lowest BCUT2D eigenvalue weighted by Gasteiger charge is -2.15. The number of rotatable bonds is 3. The van der Waals surface area contributed by atoms with E-state index in [-0.39, 0.29) is 11.9 Å². The van der Waals surface area contributed by atoms with Crippen LogP contribution in [0.3, 0.4) is 0 Å². The van der Waals surface area contributed by atoms with Crippen molar-refractivity contribution in [3.63, 3.8) is 0 Å². The highest BCUT2D eigenvalue weighted by atomic mass is 32.1. The number of nitrogens with one attached hydrogen (secondary N) is 1. The number of carbonyl (C=O) groups is 1. The van der Waals surface area contributed by atoms with E-state index < -0.39 is 0 Å². The molecular weight excluding hydrogens is 230 g/mol. The van der Waals surface area contributed by atoms with Gasteiger partial charge in [0, 0.05) is 0 Å². The summed E-state index contributed by atoms with van der Waals surface area (Å²) in [5.74, 6) is -0.00393. The minimum absolute atomic E-state index is 0.00393. The second kappa shape index (κ2) is 5.15. The van der Waals surface area contributed by atoms with E-state index in [2.05, 4.69) is 24.4 Å². The van der Waals surface area contributed by atoms with Crippen LogP contribution in [0.4, 0.5) is 0 Å². The number of carbonyl (C=O) groups excluding carboxylic acids is 1. The lowest BCUT2D eigenvalue weighted by atomic mass is 10.0. The first-order chi connectivity index (χ1) is 8.18. The van der Waals surface area contributed by atoms with E-state index in [0.717, 1.165) is 10.4 Å². The fourth-order valence-corrected chi connectivity index (χ4v) is 2.45. The van der Waals surface area contributed by atoms with Crippen LogP contribution in [0.1, 0.15) is 33.8 Å². The first-order valence-corrected chi connectivity index (χ1v) is 6.46. The standard InChI is InChI=1S/C14H15NOS/c1-10-6-3-4-7-12(10)11(2)15-14(16)13-8-5-9-17-13/h3-9,11H,1-2H3,(H,15,16)/t11-/m0/s1. The molecule has 1 atom stereocenters. The average molecular weight is 245 g/mol. The lowest BCUT2D eigenvalue weighted by molar-refractivity contribution is 0.0944. The molecule has 0 aliphatic rings. The maximum atomic E-state index is 11.9. The molecule has 1 aromatic carbocycles. The molecular formula is C14H15NOS. The molecule has 3 heteroatoms. The third-order valence-corrected chi connectivity index (χ3v) is 3.62. The number of hydrogen-bond donors (Lipinski definition) is 1. The van der Waals surface area contributed by atoms with Crippen molar-refractivity contribution < 1.29 is 4.79 Å². The number of hydrogen-bond acceptors (Lipinski definition) is 2. The van der Waals surface area contributed by atoms with Gasteiger partial charge in [-0.1, -0.05) is 30.3 Å². The van der Waals surface area contributed by atoms with Crippen LogP contribution in [0.25, 0.3) is 0 Å². The molecule has 2 aromatic rings. The first-order valence-electron chi connectivity index (χ1n) is 5.58. The van der Waals surface area contributed by atoms with Crippen LogP contribution >= 0.6 is 11.3 Å². The van der Waals surface area contributed by atoms with Crippen LogP contribution in [-0.2, 0) is 0 Å². The second-order valence-corrected chi connectivity index (χ2v) is 4.98. The smallest absolute Gasteiger partial charge is 0.261 e. The SMILES string of the molecule is Cc1ccccc1[C@H](C)NC(=O)c1cccs1. The van der Waals surface area contributed by atoms with Crippen LogP contribution in [0.5, 0.6) is 0 Å². The molecule has 1 heterocycles.